The molecule has 1 unspecified atom stereocenters. The third-order valence-corrected chi connectivity index (χ3v) is 5.63. The fourth-order valence-corrected chi connectivity index (χ4v) is 4.22. The molecule has 1 aliphatic heterocycles. The highest BCUT2D eigenvalue weighted by atomic mass is 16.5. The average molecular weight is 321 g/mol. The van der Waals surface area contributed by atoms with Crippen molar-refractivity contribution >= 4 is 5.97 Å². The zero-order valence-electron chi connectivity index (χ0n) is 14.0. The summed E-state index contributed by atoms with van der Waals surface area (Å²) in [6, 6.07) is 21.7. The van der Waals surface area contributed by atoms with E-state index in [0.717, 1.165) is 19.5 Å². The molecule has 2 aliphatic rings. The monoisotopic (exact) mass is 321 g/mol. The first-order chi connectivity index (χ1) is 11.7. The van der Waals surface area contributed by atoms with Gasteiger partial charge in [-0.2, -0.15) is 0 Å². The molecular formula is C21H23NO2. The number of carbonyl (C=O) groups excluding carboxylic acids is 1. The molecule has 24 heavy (non-hydrogen) atoms. The van der Waals surface area contributed by atoms with Crippen LogP contribution < -0.4 is 0 Å². The maximum Gasteiger partial charge on any atom is 0.305 e. The Morgan fingerprint density at radius 2 is 1.62 bits per heavy atom. The van der Waals surface area contributed by atoms with Crippen LogP contribution >= 0.6 is 0 Å². The fraction of sp³-hybridized carbons (Fsp3) is 0.381. The predicted molar refractivity (Wildman–Crippen MR) is 93.5 cm³/mol. The van der Waals surface area contributed by atoms with E-state index in [-0.39, 0.29) is 5.97 Å². The van der Waals surface area contributed by atoms with Crippen LogP contribution in [-0.2, 0) is 9.53 Å². The number of esters is 1. The van der Waals surface area contributed by atoms with Gasteiger partial charge in [-0.15, -0.1) is 0 Å². The van der Waals surface area contributed by atoms with E-state index in [1.807, 2.05) is 0 Å². The number of carbonyl (C=O) groups is 1. The summed E-state index contributed by atoms with van der Waals surface area (Å²) in [7, 11) is 1.48. The third-order valence-electron chi connectivity index (χ3n) is 5.63. The molecule has 3 nitrogen and oxygen atoms in total. The van der Waals surface area contributed by atoms with E-state index in [1.165, 1.54) is 18.2 Å². The molecule has 2 aromatic rings. The van der Waals surface area contributed by atoms with Gasteiger partial charge in [0, 0.05) is 19.5 Å². The molecule has 4 rings (SSSR count). The number of benzene rings is 2. The first kappa shape index (κ1) is 15.4. The summed E-state index contributed by atoms with van der Waals surface area (Å²) in [5, 5.41) is 0. The lowest BCUT2D eigenvalue weighted by Gasteiger charge is -2.46. The lowest BCUT2D eigenvalue weighted by atomic mass is 9.86. The normalized spacial score (nSPS) is 21.5. The van der Waals surface area contributed by atoms with E-state index in [4.69, 9.17) is 4.74 Å². The van der Waals surface area contributed by atoms with E-state index in [2.05, 4.69) is 65.6 Å². The van der Waals surface area contributed by atoms with Crippen LogP contribution in [0.1, 0.15) is 30.0 Å². The van der Waals surface area contributed by atoms with Gasteiger partial charge in [0.15, 0.2) is 0 Å². The first-order valence-corrected chi connectivity index (χ1v) is 8.63. The number of rotatable bonds is 5. The fourth-order valence-electron chi connectivity index (χ4n) is 4.22. The van der Waals surface area contributed by atoms with Crippen LogP contribution in [-0.4, -0.2) is 31.1 Å². The Morgan fingerprint density at radius 1 is 1.08 bits per heavy atom. The highest BCUT2D eigenvalue weighted by Gasteiger charge is 2.62. The topological polar surface area (TPSA) is 29.5 Å². The quantitative estimate of drug-likeness (QED) is 0.787. The van der Waals surface area contributed by atoms with Gasteiger partial charge in [-0.3, -0.25) is 9.69 Å². The van der Waals surface area contributed by atoms with E-state index >= 15 is 0 Å². The third kappa shape index (κ3) is 2.73. The molecule has 2 aromatic carbocycles. The molecule has 1 heterocycles. The number of ether oxygens (including phenoxy) is 1. The second kappa shape index (κ2) is 6.06. The van der Waals surface area contributed by atoms with Crippen molar-refractivity contribution in [3.05, 3.63) is 71.8 Å². The van der Waals surface area contributed by atoms with Crippen molar-refractivity contribution in [3.63, 3.8) is 0 Å². The summed E-state index contributed by atoms with van der Waals surface area (Å²) >= 11 is 0. The molecule has 2 fully saturated rings. The molecule has 0 bridgehead atoms. The Hall–Kier alpha value is -2.13. The van der Waals surface area contributed by atoms with Crippen LogP contribution in [0.5, 0.6) is 0 Å². The smallest absolute Gasteiger partial charge is 0.305 e. The van der Waals surface area contributed by atoms with Crippen LogP contribution in [0.3, 0.4) is 0 Å². The average Bonchev–Trinajstić information content (AvgIpc) is 3.30. The minimum absolute atomic E-state index is 0.0713. The van der Waals surface area contributed by atoms with Crippen molar-refractivity contribution in [2.24, 2.45) is 11.3 Å². The van der Waals surface area contributed by atoms with Gasteiger partial charge >= 0.3 is 5.97 Å². The Balaban J connectivity index is 1.50. The molecular weight excluding hydrogens is 298 g/mol. The highest BCUT2D eigenvalue weighted by molar-refractivity contribution is 5.70. The molecule has 0 amide bonds. The van der Waals surface area contributed by atoms with Crippen LogP contribution in [0.25, 0.3) is 0 Å². The van der Waals surface area contributed by atoms with Crippen LogP contribution in [0.2, 0.25) is 0 Å². The minimum atomic E-state index is -0.0713. The molecule has 1 saturated heterocycles. The summed E-state index contributed by atoms with van der Waals surface area (Å²) < 4.78 is 4.82. The molecule has 0 aromatic heterocycles. The molecule has 0 radical (unpaired) electrons. The van der Waals surface area contributed by atoms with Crippen molar-refractivity contribution in [2.75, 3.05) is 20.2 Å². The molecule has 1 atom stereocenters. The van der Waals surface area contributed by atoms with Crippen molar-refractivity contribution in [1.29, 1.82) is 0 Å². The predicted octanol–water partition coefficient (Wildman–Crippen LogP) is 3.66. The lowest BCUT2D eigenvalue weighted by Crippen LogP contribution is -2.51. The Bertz CT molecular complexity index is 668. The van der Waals surface area contributed by atoms with Crippen molar-refractivity contribution in [1.82, 2.24) is 4.90 Å². The van der Waals surface area contributed by atoms with Gasteiger partial charge in [-0.1, -0.05) is 60.7 Å². The number of likely N-dealkylation sites (tertiary alicyclic amines) is 1. The number of hydrogen-bond donors (Lipinski definition) is 0. The van der Waals surface area contributed by atoms with Crippen molar-refractivity contribution in [3.8, 4) is 0 Å². The molecule has 124 valence electrons. The Morgan fingerprint density at radius 3 is 2.12 bits per heavy atom. The summed E-state index contributed by atoms with van der Waals surface area (Å²) in [4.78, 5) is 14.1. The van der Waals surface area contributed by atoms with E-state index in [9.17, 15) is 4.79 Å². The van der Waals surface area contributed by atoms with Gasteiger partial charge in [-0.25, -0.2) is 0 Å². The Kier molecular flexibility index (Phi) is 3.89. The van der Waals surface area contributed by atoms with Gasteiger partial charge in [0.25, 0.3) is 0 Å². The molecule has 3 heteroatoms. The zero-order valence-corrected chi connectivity index (χ0v) is 14.0. The molecule has 1 spiro atoms. The van der Waals surface area contributed by atoms with Crippen molar-refractivity contribution in [2.45, 2.75) is 18.9 Å². The number of hydrogen-bond acceptors (Lipinski definition) is 3. The highest BCUT2D eigenvalue weighted by Crippen LogP contribution is 2.62. The second-order valence-electron chi connectivity index (χ2n) is 7.17. The van der Waals surface area contributed by atoms with Crippen LogP contribution in [0, 0.1) is 11.3 Å². The SMILES string of the molecule is COC(=O)CC1CC12CN(C(c1ccccc1)c1ccccc1)C2. The van der Waals surface area contributed by atoms with E-state index in [0.29, 0.717) is 23.8 Å². The first-order valence-electron chi connectivity index (χ1n) is 8.63. The van der Waals surface area contributed by atoms with Crippen molar-refractivity contribution < 1.29 is 9.53 Å². The maximum atomic E-state index is 11.5. The maximum absolute atomic E-state index is 11.5. The van der Waals surface area contributed by atoms with E-state index < -0.39 is 0 Å². The summed E-state index contributed by atoms with van der Waals surface area (Å²) in [6.45, 7) is 2.15. The largest absolute Gasteiger partial charge is 0.469 e. The summed E-state index contributed by atoms with van der Waals surface area (Å²) in [6.07, 6.45) is 1.74. The summed E-state index contributed by atoms with van der Waals surface area (Å²) in [5.74, 6) is 0.436. The molecule has 1 saturated carbocycles. The molecule has 1 aliphatic carbocycles. The standard InChI is InChI=1S/C21H23NO2/c1-24-19(23)12-18-13-21(18)14-22(15-21)20(16-8-4-2-5-9-16)17-10-6-3-7-11-17/h2-11,18,20H,12-15H2,1H3. The van der Waals surface area contributed by atoms with Crippen LogP contribution in [0.4, 0.5) is 0 Å². The number of nitrogens with zero attached hydrogens (tertiary/aromatic N) is 1. The van der Waals surface area contributed by atoms with Gasteiger partial charge in [0.05, 0.1) is 13.2 Å². The van der Waals surface area contributed by atoms with Gasteiger partial charge < -0.3 is 4.74 Å². The minimum Gasteiger partial charge on any atom is -0.469 e. The lowest BCUT2D eigenvalue weighted by molar-refractivity contribution is -0.141. The zero-order chi connectivity index (χ0) is 16.6. The Labute approximate surface area is 143 Å². The summed E-state index contributed by atoms with van der Waals surface area (Å²) in [5.41, 5.74) is 3.03. The van der Waals surface area contributed by atoms with Crippen LogP contribution in [0.15, 0.2) is 60.7 Å². The van der Waals surface area contributed by atoms with E-state index in [1.54, 1.807) is 0 Å². The number of methoxy groups -OCH3 is 1. The van der Waals surface area contributed by atoms with Gasteiger partial charge in [0.2, 0.25) is 0 Å². The molecule has 0 N–H and O–H groups in total. The van der Waals surface area contributed by atoms with Gasteiger partial charge in [0.1, 0.15) is 0 Å². The van der Waals surface area contributed by atoms with Gasteiger partial charge in [-0.05, 0) is 28.9 Å². The second-order valence-corrected chi connectivity index (χ2v) is 7.17.